The molecule has 0 spiro atoms. The zero-order chi connectivity index (χ0) is 23.1. The smallest absolute Gasteiger partial charge is 0.167 e. The van der Waals surface area contributed by atoms with E-state index in [0.717, 1.165) is 28.8 Å². The highest BCUT2D eigenvalue weighted by atomic mass is 16.6. The molecule has 3 aromatic heterocycles. The van der Waals surface area contributed by atoms with Gasteiger partial charge in [-0.2, -0.15) is 0 Å². The van der Waals surface area contributed by atoms with Crippen LogP contribution in [-0.2, 0) is 11.2 Å². The van der Waals surface area contributed by atoms with Crippen LogP contribution in [-0.4, -0.2) is 78.4 Å². The third-order valence-electron chi connectivity index (χ3n) is 6.14. The van der Waals surface area contributed by atoms with Gasteiger partial charge in [-0.3, -0.25) is 4.57 Å². The first-order chi connectivity index (χ1) is 16.0. The van der Waals surface area contributed by atoms with Crippen LogP contribution in [0.25, 0.3) is 22.1 Å². The largest absolute Gasteiger partial charge is 0.497 e. The molecule has 11 heteroatoms. The van der Waals surface area contributed by atoms with Crippen molar-refractivity contribution in [3.63, 3.8) is 0 Å². The topological polar surface area (TPSA) is 151 Å². The first-order valence-electron chi connectivity index (χ1n) is 10.7. The lowest BCUT2D eigenvalue weighted by molar-refractivity contribution is -0.0511. The molecule has 4 atom stereocenters. The lowest BCUT2D eigenvalue weighted by atomic mass is 10.1. The molecule has 1 aliphatic rings. The molecule has 4 aromatic rings. The summed E-state index contributed by atoms with van der Waals surface area (Å²) in [7, 11) is 1.65. The van der Waals surface area contributed by atoms with E-state index in [2.05, 4.69) is 25.3 Å². The van der Waals surface area contributed by atoms with Crippen LogP contribution in [0.3, 0.4) is 0 Å². The average molecular weight is 454 g/mol. The second-order valence-corrected chi connectivity index (χ2v) is 8.09. The molecule has 174 valence electrons. The molecule has 1 saturated heterocycles. The standard InChI is InChI=1S/C22H26N6O5/c1-11-13(14-7-12(32-2)3-4-15(14)27-11)5-6-23-20-17-21(25-9-24-20)28(10-26-17)22-19(31)18(30)16(8-29)33-22/h3-4,7,9-10,16,18-19,22,27,29-31H,5-6,8H2,1-2H3,(H,23,24,25)/t16-,18-,19-,22-/m1/s1. The lowest BCUT2D eigenvalue weighted by Crippen LogP contribution is -2.33. The van der Waals surface area contributed by atoms with Gasteiger partial charge in [0.05, 0.1) is 20.0 Å². The van der Waals surface area contributed by atoms with Crippen LogP contribution in [0.5, 0.6) is 5.75 Å². The highest BCUT2D eigenvalue weighted by molar-refractivity contribution is 5.86. The van der Waals surface area contributed by atoms with Crippen LogP contribution in [0.1, 0.15) is 17.5 Å². The number of rotatable bonds is 7. The molecule has 4 heterocycles. The number of H-pyrrole nitrogens is 1. The van der Waals surface area contributed by atoms with Crippen molar-refractivity contribution in [2.75, 3.05) is 25.6 Å². The first-order valence-corrected chi connectivity index (χ1v) is 10.7. The van der Waals surface area contributed by atoms with Gasteiger partial charge in [-0.15, -0.1) is 0 Å². The van der Waals surface area contributed by atoms with Gasteiger partial charge in [0.1, 0.15) is 30.4 Å². The van der Waals surface area contributed by atoms with Crippen LogP contribution >= 0.6 is 0 Å². The Hall–Kier alpha value is -3.25. The summed E-state index contributed by atoms with van der Waals surface area (Å²) in [6.45, 7) is 2.26. The average Bonchev–Trinajstić information content (AvgIpc) is 3.48. The number of nitrogens with one attached hydrogen (secondary N) is 2. The van der Waals surface area contributed by atoms with E-state index in [9.17, 15) is 15.3 Å². The maximum Gasteiger partial charge on any atom is 0.167 e. The molecule has 33 heavy (non-hydrogen) atoms. The van der Waals surface area contributed by atoms with E-state index in [1.165, 1.54) is 18.2 Å². The number of imidazole rings is 1. The second-order valence-electron chi connectivity index (χ2n) is 8.09. The molecule has 0 saturated carbocycles. The Kier molecular flexibility index (Phi) is 5.62. The highest BCUT2D eigenvalue weighted by Crippen LogP contribution is 2.32. The fourth-order valence-electron chi connectivity index (χ4n) is 4.39. The van der Waals surface area contributed by atoms with Gasteiger partial charge >= 0.3 is 0 Å². The maximum atomic E-state index is 10.4. The molecule has 1 fully saturated rings. The zero-order valence-corrected chi connectivity index (χ0v) is 18.3. The van der Waals surface area contributed by atoms with Crippen molar-refractivity contribution < 1.29 is 24.8 Å². The van der Waals surface area contributed by atoms with E-state index >= 15 is 0 Å². The molecular weight excluding hydrogens is 428 g/mol. The van der Waals surface area contributed by atoms with Gasteiger partial charge in [0, 0.05) is 23.1 Å². The van der Waals surface area contributed by atoms with Gasteiger partial charge in [0.15, 0.2) is 23.2 Å². The molecule has 0 bridgehead atoms. The Balaban J connectivity index is 1.36. The van der Waals surface area contributed by atoms with Gasteiger partial charge in [0.2, 0.25) is 0 Å². The van der Waals surface area contributed by atoms with Crippen molar-refractivity contribution in [2.45, 2.75) is 37.9 Å². The number of anilines is 1. The normalized spacial score (nSPS) is 22.9. The molecule has 1 aliphatic heterocycles. The van der Waals surface area contributed by atoms with Crippen molar-refractivity contribution in [2.24, 2.45) is 0 Å². The molecule has 0 aliphatic carbocycles. The number of aliphatic hydroxyl groups is 3. The van der Waals surface area contributed by atoms with Gasteiger partial charge < -0.3 is 35.1 Å². The number of fused-ring (bicyclic) bond motifs is 2. The summed E-state index contributed by atoms with van der Waals surface area (Å²) < 4.78 is 12.5. The van der Waals surface area contributed by atoms with Crippen LogP contribution in [0, 0.1) is 6.92 Å². The molecule has 1 aromatic carbocycles. The van der Waals surface area contributed by atoms with E-state index in [1.807, 2.05) is 25.1 Å². The van der Waals surface area contributed by atoms with Crippen LogP contribution in [0.4, 0.5) is 5.82 Å². The first kappa shape index (κ1) is 21.6. The SMILES string of the molecule is COc1ccc2[nH]c(C)c(CCNc3ncnc4c3ncn4[C@@H]3O[C@H](CO)[C@@H](O)[C@H]3O)c2c1. The number of hydrogen-bond donors (Lipinski definition) is 5. The minimum absolute atomic E-state index is 0.401. The molecule has 0 amide bonds. The van der Waals surface area contributed by atoms with E-state index < -0.39 is 31.1 Å². The van der Waals surface area contributed by atoms with Crippen molar-refractivity contribution >= 4 is 27.9 Å². The third-order valence-corrected chi connectivity index (χ3v) is 6.14. The minimum Gasteiger partial charge on any atom is -0.497 e. The van der Waals surface area contributed by atoms with Gasteiger partial charge in [-0.25, -0.2) is 15.0 Å². The van der Waals surface area contributed by atoms with Crippen molar-refractivity contribution in [3.05, 3.63) is 42.1 Å². The number of aliphatic hydroxyl groups excluding tert-OH is 3. The number of ether oxygens (including phenoxy) is 2. The Bertz CT molecular complexity index is 1290. The quantitative estimate of drug-likeness (QED) is 0.274. The minimum atomic E-state index is -1.22. The summed E-state index contributed by atoms with van der Waals surface area (Å²) in [5.74, 6) is 1.37. The number of hydrogen-bond acceptors (Lipinski definition) is 9. The Morgan fingerprint density at radius 2 is 2.06 bits per heavy atom. The predicted octanol–water partition coefficient (Wildman–Crippen LogP) is 0.891. The number of benzene rings is 1. The zero-order valence-electron chi connectivity index (χ0n) is 18.3. The van der Waals surface area contributed by atoms with Gasteiger partial charge in [-0.1, -0.05) is 0 Å². The van der Waals surface area contributed by atoms with Crippen LogP contribution < -0.4 is 10.1 Å². The molecule has 0 radical (unpaired) electrons. The van der Waals surface area contributed by atoms with E-state index in [4.69, 9.17) is 9.47 Å². The Morgan fingerprint density at radius 1 is 1.21 bits per heavy atom. The third kappa shape index (κ3) is 3.68. The summed E-state index contributed by atoms with van der Waals surface area (Å²) in [6, 6.07) is 5.97. The molecular formula is C22H26N6O5. The summed E-state index contributed by atoms with van der Waals surface area (Å²) >= 11 is 0. The number of aryl methyl sites for hydroxylation is 1. The van der Waals surface area contributed by atoms with Crippen LogP contribution in [0.2, 0.25) is 0 Å². The lowest BCUT2D eigenvalue weighted by Gasteiger charge is -2.16. The Labute approximate surface area is 189 Å². The summed E-state index contributed by atoms with van der Waals surface area (Å²) in [5.41, 5.74) is 4.33. The highest BCUT2D eigenvalue weighted by Gasteiger charge is 2.44. The fraction of sp³-hybridized carbons (Fsp3) is 0.409. The summed E-state index contributed by atoms with van der Waals surface area (Å²) in [4.78, 5) is 16.4. The molecule has 5 N–H and O–H groups in total. The second kappa shape index (κ2) is 8.60. The number of nitrogens with zero attached hydrogens (tertiary/aromatic N) is 4. The number of aromatic nitrogens is 5. The monoisotopic (exact) mass is 454 g/mol. The fourth-order valence-corrected chi connectivity index (χ4v) is 4.39. The number of methoxy groups -OCH3 is 1. The van der Waals surface area contributed by atoms with Crippen LogP contribution in [0.15, 0.2) is 30.9 Å². The summed E-state index contributed by atoms with van der Waals surface area (Å²) in [5, 5.41) is 34.2. The Morgan fingerprint density at radius 3 is 2.82 bits per heavy atom. The van der Waals surface area contributed by atoms with Crippen molar-refractivity contribution in [1.82, 2.24) is 24.5 Å². The summed E-state index contributed by atoms with van der Waals surface area (Å²) in [6.07, 6.45) is -0.552. The number of aromatic amines is 1. The van der Waals surface area contributed by atoms with Gasteiger partial charge in [-0.05, 0) is 37.1 Å². The van der Waals surface area contributed by atoms with E-state index in [1.54, 1.807) is 11.7 Å². The van der Waals surface area contributed by atoms with E-state index in [0.29, 0.717) is 23.5 Å². The predicted molar refractivity (Wildman–Crippen MR) is 120 cm³/mol. The van der Waals surface area contributed by atoms with E-state index in [-0.39, 0.29) is 0 Å². The van der Waals surface area contributed by atoms with Gasteiger partial charge in [0.25, 0.3) is 0 Å². The van der Waals surface area contributed by atoms with Crippen molar-refractivity contribution in [1.29, 1.82) is 0 Å². The van der Waals surface area contributed by atoms with Crippen molar-refractivity contribution in [3.8, 4) is 5.75 Å². The molecule has 0 unspecified atom stereocenters. The molecule has 5 rings (SSSR count). The molecule has 11 nitrogen and oxygen atoms in total. The maximum absolute atomic E-state index is 10.4.